The molecule has 9 nitrogen and oxygen atoms in total. The van der Waals surface area contributed by atoms with Crippen LogP contribution in [0.25, 0.3) is 0 Å². The molecule has 3 unspecified atom stereocenters. The summed E-state index contributed by atoms with van der Waals surface area (Å²) < 4.78 is 29.9. The summed E-state index contributed by atoms with van der Waals surface area (Å²) in [5.41, 5.74) is 0. The number of amides is 4. The Bertz CT molecular complexity index is 800. The summed E-state index contributed by atoms with van der Waals surface area (Å²) in [5.74, 6) is -10.3. The number of carbonyl (C=O) groups is 5. The minimum atomic E-state index is -4.49. The van der Waals surface area contributed by atoms with Crippen molar-refractivity contribution in [1.82, 2.24) is 21.3 Å². The Labute approximate surface area is 219 Å². The van der Waals surface area contributed by atoms with Crippen LogP contribution in [0.5, 0.6) is 0 Å². The van der Waals surface area contributed by atoms with Gasteiger partial charge in [0.05, 0.1) is 6.04 Å². The zero-order valence-electron chi connectivity index (χ0n) is 23.7. The Morgan fingerprint density at radius 2 is 1.30 bits per heavy atom. The topological polar surface area (TPSA) is 133 Å². The van der Waals surface area contributed by atoms with Crippen molar-refractivity contribution in [1.29, 1.82) is 0 Å². The molecular weight excluding hydrogens is 486 g/mol. The highest BCUT2D eigenvalue weighted by molar-refractivity contribution is 6.11. The molecule has 0 aromatic carbocycles. The molecule has 0 rings (SSSR count). The third-order valence-corrected chi connectivity index (χ3v) is 5.56. The molecule has 0 aromatic heterocycles. The van der Waals surface area contributed by atoms with Gasteiger partial charge in [0.15, 0.2) is 0 Å². The van der Waals surface area contributed by atoms with Crippen LogP contribution in [0.1, 0.15) is 81.6 Å². The van der Waals surface area contributed by atoms with Gasteiger partial charge in [0.2, 0.25) is 23.5 Å². The van der Waals surface area contributed by atoms with E-state index in [9.17, 15) is 32.8 Å². The van der Waals surface area contributed by atoms with Crippen molar-refractivity contribution >= 4 is 29.4 Å². The largest absolute Gasteiger partial charge is 0.383 e. The van der Waals surface area contributed by atoms with Gasteiger partial charge in [-0.3, -0.25) is 24.0 Å². The SMILES string of the molecule is CC(C)CCNC(=O)C(C)NC(=O)C(F)(F)C(=O)C(CC(C)C)NC(=O)C(NC(=O)CC(C)C)C(C)C. The van der Waals surface area contributed by atoms with Gasteiger partial charge in [-0.15, -0.1) is 0 Å². The van der Waals surface area contributed by atoms with Gasteiger partial charge in [-0.1, -0.05) is 55.4 Å². The van der Waals surface area contributed by atoms with Crippen LogP contribution < -0.4 is 21.3 Å². The molecule has 214 valence electrons. The number of hydrogen-bond donors (Lipinski definition) is 4. The smallest absolute Gasteiger partial charge is 0.354 e. The quantitative estimate of drug-likeness (QED) is 0.227. The second-order valence-corrected chi connectivity index (χ2v) is 11.2. The first-order chi connectivity index (χ1) is 16.9. The molecule has 3 atom stereocenters. The molecule has 0 aliphatic carbocycles. The van der Waals surface area contributed by atoms with E-state index in [1.165, 1.54) is 6.92 Å². The fourth-order valence-electron chi connectivity index (χ4n) is 3.42. The van der Waals surface area contributed by atoms with Gasteiger partial charge in [0.1, 0.15) is 12.1 Å². The Kier molecular flexibility index (Phi) is 14.5. The fraction of sp³-hybridized carbons (Fsp3) is 0.808. The first-order valence-corrected chi connectivity index (χ1v) is 13.0. The highest BCUT2D eigenvalue weighted by atomic mass is 19.3. The lowest BCUT2D eigenvalue weighted by Gasteiger charge is -2.28. The zero-order chi connectivity index (χ0) is 29.1. The molecule has 0 aromatic rings. The molecule has 4 N–H and O–H groups in total. The van der Waals surface area contributed by atoms with Crippen molar-refractivity contribution in [2.75, 3.05) is 6.54 Å². The predicted octanol–water partition coefficient (Wildman–Crippen LogP) is 2.58. The number of carbonyl (C=O) groups excluding carboxylic acids is 5. The average Bonchev–Trinajstić information content (AvgIpc) is 2.74. The van der Waals surface area contributed by atoms with Gasteiger partial charge in [0.25, 0.3) is 5.91 Å². The second kappa shape index (κ2) is 15.6. The van der Waals surface area contributed by atoms with E-state index in [0.29, 0.717) is 18.9 Å². The molecule has 0 saturated carbocycles. The normalized spacial score (nSPS) is 14.4. The van der Waals surface area contributed by atoms with Crippen LogP contribution in [-0.4, -0.2) is 60.0 Å². The summed E-state index contributed by atoms with van der Waals surface area (Å²) in [4.78, 5) is 62.4. The molecule has 0 bridgehead atoms. The van der Waals surface area contributed by atoms with Crippen molar-refractivity contribution < 1.29 is 32.8 Å². The second-order valence-electron chi connectivity index (χ2n) is 11.2. The van der Waals surface area contributed by atoms with E-state index in [1.54, 1.807) is 27.7 Å². The number of halogens is 2. The van der Waals surface area contributed by atoms with Crippen LogP contribution in [0.3, 0.4) is 0 Å². The Hall–Kier alpha value is -2.59. The third kappa shape index (κ3) is 12.5. The number of hydrogen-bond acceptors (Lipinski definition) is 5. The van der Waals surface area contributed by atoms with E-state index in [0.717, 1.165) is 0 Å². The Morgan fingerprint density at radius 1 is 0.730 bits per heavy atom. The van der Waals surface area contributed by atoms with E-state index in [2.05, 4.69) is 16.0 Å². The molecule has 0 aliphatic rings. The highest BCUT2D eigenvalue weighted by Gasteiger charge is 2.51. The van der Waals surface area contributed by atoms with Crippen LogP contribution in [-0.2, 0) is 24.0 Å². The van der Waals surface area contributed by atoms with E-state index in [1.807, 2.05) is 33.0 Å². The summed E-state index contributed by atoms with van der Waals surface area (Å²) in [7, 11) is 0. The minimum Gasteiger partial charge on any atom is -0.354 e. The zero-order valence-corrected chi connectivity index (χ0v) is 23.7. The molecule has 0 radical (unpaired) electrons. The van der Waals surface area contributed by atoms with Gasteiger partial charge >= 0.3 is 5.92 Å². The fourth-order valence-corrected chi connectivity index (χ4v) is 3.42. The molecule has 11 heteroatoms. The third-order valence-electron chi connectivity index (χ3n) is 5.56. The monoisotopic (exact) mass is 532 g/mol. The first kappa shape index (κ1) is 34.4. The summed E-state index contributed by atoms with van der Waals surface area (Å²) in [5, 5.41) is 9.36. The molecule has 37 heavy (non-hydrogen) atoms. The number of alkyl halides is 2. The van der Waals surface area contributed by atoms with E-state index < -0.39 is 47.6 Å². The maximum atomic E-state index is 14.9. The van der Waals surface area contributed by atoms with E-state index >= 15 is 0 Å². The number of ketones is 1. The lowest BCUT2D eigenvalue weighted by molar-refractivity contribution is -0.161. The summed E-state index contributed by atoms with van der Waals surface area (Å²) >= 11 is 0. The lowest BCUT2D eigenvalue weighted by atomic mass is 9.95. The molecule has 0 fully saturated rings. The van der Waals surface area contributed by atoms with Crippen molar-refractivity contribution in [2.45, 2.75) is 106 Å². The number of nitrogens with one attached hydrogen (secondary N) is 4. The van der Waals surface area contributed by atoms with Crippen LogP contribution >= 0.6 is 0 Å². The highest BCUT2D eigenvalue weighted by Crippen LogP contribution is 2.21. The van der Waals surface area contributed by atoms with E-state index in [-0.39, 0.29) is 36.5 Å². The summed E-state index contributed by atoms with van der Waals surface area (Å²) in [6.45, 7) is 15.9. The van der Waals surface area contributed by atoms with Gasteiger partial charge < -0.3 is 21.3 Å². The van der Waals surface area contributed by atoms with Crippen molar-refractivity contribution in [3.63, 3.8) is 0 Å². The summed E-state index contributed by atoms with van der Waals surface area (Å²) in [6.07, 6.45) is 0.697. The van der Waals surface area contributed by atoms with Gasteiger partial charge in [0, 0.05) is 13.0 Å². The predicted molar refractivity (Wildman–Crippen MR) is 138 cm³/mol. The molecular formula is C26H46F2N4O5. The maximum Gasteiger partial charge on any atom is 0.383 e. The Morgan fingerprint density at radius 3 is 1.76 bits per heavy atom. The number of rotatable bonds is 16. The van der Waals surface area contributed by atoms with Crippen LogP contribution in [0.4, 0.5) is 8.78 Å². The van der Waals surface area contributed by atoms with Gasteiger partial charge in [-0.2, -0.15) is 8.78 Å². The minimum absolute atomic E-state index is 0.0445. The van der Waals surface area contributed by atoms with Gasteiger partial charge in [-0.05, 0) is 43.4 Å². The van der Waals surface area contributed by atoms with Crippen LogP contribution in [0.15, 0.2) is 0 Å². The lowest BCUT2D eigenvalue weighted by Crippen LogP contribution is -2.60. The molecule has 0 aliphatic heterocycles. The van der Waals surface area contributed by atoms with Crippen molar-refractivity contribution in [2.24, 2.45) is 23.7 Å². The summed E-state index contributed by atoms with van der Waals surface area (Å²) in [6, 6.07) is -4.02. The molecule has 0 saturated heterocycles. The molecule has 0 heterocycles. The van der Waals surface area contributed by atoms with Crippen LogP contribution in [0.2, 0.25) is 0 Å². The number of Topliss-reactive ketones (excluding diaryl/α,β-unsaturated/α-hetero) is 1. The van der Waals surface area contributed by atoms with Crippen molar-refractivity contribution in [3.05, 3.63) is 0 Å². The average molecular weight is 533 g/mol. The maximum absolute atomic E-state index is 14.9. The molecule has 0 spiro atoms. The van der Waals surface area contributed by atoms with Crippen LogP contribution in [0, 0.1) is 23.7 Å². The Balaban J connectivity index is 5.54. The van der Waals surface area contributed by atoms with Gasteiger partial charge in [-0.25, -0.2) is 0 Å². The molecule has 4 amide bonds. The standard InChI is InChI=1S/C26H46F2N4O5/c1-14(2)10-11-29-23(35)18(9)30-25(37)26(27,28)22(34)19(12-15(3)4)31-24(36)21(17(7)8)32-20(33)13-16(5)6/h14-19,21H,10-13H2,1-9H3,(H,29,35)(H,30,37)(H,31,36)(H,32,33). The van der Waals surface area contributed by atoms with Crippen molar-refractivity contribution in [3.8, 4) is 0 Å². The first-order valence-electron chi connectivity index (χ1n) is 13.0. The van der Waals surface area contributed by atoms with E-state index in [4.69, 9.17) is 0 Å².